The van der Waals surface area contributed by atoms with Gasteiger partial charge < -0.3 is 5.32 Å². The van der Waals surface area contributed by atoms with Crippen LogP contribution in [0.25, 0.3) is 0 Å². The Hall–Kier alpha value is -1.92. The molecule has 0 aromatic heterocycles. The van der Waals surface area contributed by atoms with E-state index in [4.69, 9.17) is 0 Å². The Labute approximate surface area is 104 Å². The molecule has 1 saturated carbocycles. The van der Waals surface area contributed by atoms with Crippen LogP contribution in [0, 0.1) is 5.41 Å². The fourth-order valence-electron chi connectivity index (χ4n) is 2.05. The fourth-order valence-corrected chi connectivity index (χ4v) is 2.05. The molecule has 5 amide bonds. The number of amides is 5. The number of rotatable bonds is 3. The van der Waals surface area contributed by atoms with Crippen molar-refractivity contribution in [2.24, 2.45) is 5.41 Å². The molecule has 98 valence electrons. The van der Waals surface area contributed by atoms with E-state index in [0.717, 1.165) is 4.90 Å². The summed E-state index contributed by atoms with van der Waals surface area (Å²) in [6.45, 7) is 3.62. The monoisotopic (exact) mass is 253 g/mol. The number of hydrogen-bond donors (Lipinski definition) is 2. The lowest BCUT2D eigenvalue weighted by Crippen LogP contribution is -2.63. The first-order valence-electron chi connectivity index (χ1n) is 5.91. The van der Waals surface area contributed by atoms with Crippen molar-refractivity contribution >= 4 is 23.8 Å². The molecule has 0 aromatic carbocycles. The zero-order chi connectivity index (χ0) is 13.5. The highest BCUT2D eigenvalue weighted by Gasteiger charge is 2.63. The highest BCUT2D eigenvalue weighted by Crippen LogP contribution is 2.49. The second kappa shape index (κ2) is 4.08. The van der Waals surface area contributed by atoms with Crippen molar-refractivity contribution in [2.75, 3.05) is 6.54 Å². The molecule has 1 heterocycles. The van der Waals surface area contributed by atoms with Crippen molar-refractivity contribution in [1.29, 1.82) is 0 Å². The van der Waals surface area contributed by atoms with Gasteiger partial charge in [0.2, 0.25) is 17.7 Å². The maximum Gasteiger partial charge on any atom is 0.331 e. The summed E-state index contributed by atoms with van der Waals surface area (Å²) in [5.41, 5.74) is -1.10. The van der Waals surface area contributed by atoms with Gasteiger partial charge in [0.15, 0.2) is 0 Å². The molecule has 0 bridgehead atoms. The molecule has 1 spiro atoms. The van der Waals surface area contributed by atoms with E-state index < -0.39 is 35.2 Å². The molecule has 2 rings (SSSR count). The summed E-state index contributed by atoms with van der Waals surface area (Å²) in [6.07, 6.45) is 0.868. The number of imide groups is 2. The average Bonchev–Trinajstić information content (AvgIpc) is 3.08. The number of nitrogens with one attached hydrogen (secondary N) is 2. The summed E-state index contributed by atoms with van der Waals surface area (Å²) in [6, 6.07) is -1.73. The van der Waals surface area contributed by atoms with Crippen molar-refractivity contribution in [3.63, 3.8) is 0 Å². The predicted octanol–water partition coefficient (Wildman–Crippen LogP) is -0.630. The summed E-state index contributed by atoms with van der Waals surface area (Å²) in [5.74, 6) is -1.52. The minimum absolute atomic E-state index is 0.411. The van der Waals surface area contributed by atoms with Gasteiger partial charge in [0.1, 0.15) is 11.5 Å². The third-order valence-corrected chi connectivity index (χ3v) is 3.37. The van der Waals surface area contributed by atoms with Crippen LogP contribution in [0.1, 0.15) is 26.7 Å². The molecule has 1 saturated heterocycles. The summed E-state index contributed by atoms with van der Waals surface area (Å²) >= 11 is 0. The number of urea groups is 1. The lowest BCUT2D eigenvalue weighted by molar-refractivity contribution is -0.148. The number of nitrogens with zero attached hydrogens (tertiary/aromatic N) is 1. The normalized spacial score (nSPS) is 22.8. The van der Waals surface area contributed by atoms with Gasteiger partial charge in [-0.15, -0.1) is 0 Å². The van der Waals surface area contributed by atoms with Crippen molar-refractivity contribution < 1.29 is 19.2 Å². The van der Waals surface area contributed by atoms with Gasteiger partial charge >= 0.3 is 6.03 Å². The van der Waals surface area contributed by atoms with Gasteiger partial charge in [-0.05, 0) is 26.7 Å². The Balaban J connectivity index is 2.21. The molecule has 7 heteroatoms. The molecule has 0 aromatic rings. The Morgan fingerprint density at radius 3 is 2.56 bits per heavy atom. The predicted molar refractivity (Wildman–Crippen MR) is 60.2 cm³/mol. The zero-order valence-corrected chi connectivity index (χ0v) is 10.3. The molecule has 0 radical (unpaired) electrons. The van der Waals surface area contributed by atoms with Crippen molar-refractivity contribution in [3.05, 3.63) is 0 Å². The van der Waals surface area contributed by atoms with Crippen LogP contribution in [-0.2, 0) is 14.4 Å². The van der Waals surface area contributed by atoms with Gasteiger partial charge in [-0.3, -0.25) is 24.6 Å². The number of carbonyl (C=O) groups excluding carboxylic acids is 4. The number of barbiturate groups is 1. The smallest absolute Gasteiger partial charge is 0.331 e. The lowest BCUT2D eigenvalue weighted by atomic mass is 10.0. The van der Waals surface area contributed by atoms with E-state index in [0.29, 0.717) is 19.4 Å². The SMILES string of the molecule is CCNC(=O)C(C)N1C(=O)NC(=O)C2(CC2)C1=O. The van der Waals surface area contributed by atoms with Crippen LogP contribution >= 0.6 is 0 Å². The van der Waals surface area contributed by atoms with Crippen molar-refractivity contribution in [3.8, 4) is 0 Å². The van der Waals surface area contributed by atoms with E-state index >= 15 is 0 Å². The average molecular weight is 253 g/mol. The van der Waals surface area contributed by atoms with Gasteiger partial charge in [-0.1, -0.05) is 0 Å². The van der Waals surface area contributed by atoms with Gasteiger partial charge in [-0.25, -0.2) is 4.79 Å². The van der Waals surface area contributed by atoms with Crippen LogP contribution in [-0.4, -0.2) is 41.2 Å². The van der Waals surface area contributed by atoms with Gasteiger partial charge in [0.25, 0.3) is 0 Å². The van der Waals surface area contributed by atoms with Crippen molar-refractivity contribution in [1.82, 2.24) is 15.5 Å². The Morgan fingerprint density at radius 1 is 1.44 bits per heavy atom. The van der Waals surface area contributed by atoms with Gasteiger partial charge in [0.05, 0.1) is 0 Å². The van der Waals surface area contributed by atoms with E-state index in [1.165, 1.54) is 6.92 Å². The van der Waals surface area contributed by atoms with Crippen LogP contribution in [0.5, 0.6) is 0 Å². The molecule has 1 atom stereocenters. The van der Waals surface area contributed by atoms with Crippen LogP contribution in [0.4, 0.5) is 4.79 Å². The summed E-state index contributed by atoms with van der Waals surface area (Å²) in [5, 5.41) is 4.68. The van der Waals surface area contributed by atoms with Crippen LogP contribution in [0.15, 0.2) is 0 Å². The largest absolute Gasteiger partial charge is 0.355 e. The van der Waals surface area contributed by atoms with Crippen molar-refractivity contribution in [2.45, 2.75) is 32.7 Å². The minimum atomic E-state index is -1.10. The fraction of sp³-hybridized carbons (Fsp3) is 0.636. The first-order valence-corrected chi connectivity index (χ1v) is 5.91. The number of hydrogen-bond acceptors (Lipinski definition) is 4. The summed E-state index contributed by atoms with van der Waals surface area (Å²) < 4.78 is 0. The lowest BCUT2D eigenvalue weighted by Gasteiger charge is -2.33. The summed E-state index contributed by atoms with van der Waals surface area (Å²) in [7, 11) is 0. The second-order valence-corrected chi connectivity index (χ2v) is 4.59. The topological polar surface area (TPSA) is 95.6 Å². The second-order valence-electron chi connectivity index (χ2n) is 4.59. The molecular weight excluding hydrogens is 238 g/mol. The number of likely N-dealkylation sites (N-methyl/N-ethyl adjacent to an activating group) is 1. The molecule has 1 aliphatic heterocycles. The number of carbonyl (C=O) groups is 4. The highest BCUT2D eigenvalue weighted by molar-refractivity contribution is 6.21. The van der Waals surface area contributed by atoms with E-state index in [2.05, 4.69) is 10.6 Å². The maximum atomic E-state index is 12.1. The third kappa shape index (κ3) is 1.66. The van der Waals surface area contributed by atoms with Gasteiger partial charge in [0, 0.05) is 6.54 Å². The van der Waals surface area contributed by atoms with E-state index in [1.54, 1.807) is 6.92 Å². The zero-order valence-electron chi connectivity index (χ0n) is 10.3. The molecule has 7 nitrogen and oxygen atoms in total. The third-order valence-electron chi connectivity index (χ3n) is 3.37. The highest BCUT2D eigenvalue weighted by atomic mass is 16.2. The molecule has 2 aliphatic rings. The van der Waals surface area contributed by atoms with E-state index in [1.807, 2.05) is 0 Å². The van der Waals surface area contributed by atoms with E-state index in [-0.39, 0.29) is 0 Å². The summed E-state index contributed by atoms with van der Waals surface area (Å²) in [4.78, 5) is 47.9. The first-order chi connectivity index (χ1) is 8.44. The Morgan fingerprint density at radius 2 is 2.06 bits per heavy atom. The van der Waals surface area contributed by atoms with Crippen LogP contribution < -0.4 is 10.6 Å². The van der Waals surface area contributed by atoms with Gasteiger partial charge in [-0.2, -0.15) is 0 Å². The molecule has 2 fully saturated rings. The molecule has 1 aliphatic carbocycles. The molecule has 18 heavy (non-hydrogen) atoms. The first kappa shape index (κ1) is 12.5. The van der Waals surface area contributed by atoms with Crippen LogP contribution in [0.3, 0.4) is 0 Å². The maximum absolute atomic E-state index is 12.1. The Bertz CT molecular complexity index is 442. The van der Waals surface area contributed by atoms with E-state index in [9.17, 15) is 19.2 Å². The quantitative estimate of drug-likeness (QED) is 0.654. The molecular formula is C11H15N3O4. The minimum Gasteiger partial charge on any atom is -0.355 e. The van der Waals surface area contributed by atoms with Crippen LogP contribution in [0.2, 0.25) is 0 Å². The standard InChI is InChI=1S/C11H15N3O4/c1-3-12-7(15)6(2)14-9(17)11(4-5-11)8(16)13-10(14)18/h6H,3-5H2,1-2H3,(H,12,15)(H,13,16,18). The molecule has 1 unspecified atom stereocenters. The molecule has 2 N–H and O–H groups in total. The Kier molecular flexibility index (Phi) is 2.84.